The highest BCUT2D eigenvalue weighted by atomic mass is 19.1. The summed E-state index contributed by atoms with van der Waals surface area (Å²) in [6.07, 6.45) is 0.595. The zero-order valence-corrected chi connectivity index (χ0v) is 19.8. The summed E-state index contributed by atoms with van der Waals surface area (Å²) >= 11 is 0. The molecule has 1 N–H and O–H groups in total. The van der Waals surface area contributed by atoms with Crippen molar-refractivity contribution in [2.45, 2.75) is 25.5 Å². The van der Waals surface area contributed by atoms with Crippen molar-refractivity contribution in [2.75, 3.05) is 69.3 Å². The molecule has 3 aliphatic heterocycles. The Kier molecular flexibility index (Phi) is 6.87. The Morgan fingerprint density at radius 3 is 2.50 bits per heavy atom. The third kappa shape index (κ3) is 5.13. The number of rotatable bonds is 5. The van der Waals surface area contributed by atoms with Crippen LogP contribution >= 0.6 is 0 Å². The molecule has 5 rings (SSSR count). The van der Waals surface area contributed by atoms with E-state index in [4.69, 9.17) is 9.47 Å². The number of hydrogen-bond acceptors (Lipinski definition) is 6. The van der Waals surface area contributed by atoms with Crippen LogP contribution in [0.3, 0.4) is 0 Å². The van der Waals surface area contributed by atoms with Crippen molar-refractivity contribution in [1.29, 1.82) is 0 Å². The van der Waals surface area contributed by atoms with Gasteiger partial charge in [-0.2, -0.15) is 0 Å². The third-order valence-electron chi connectivity index (χ3n) is 6.96. The van der Waals surface area contributed by atoms with Gasteiger partial charge in [0, 0.05) is 57.6 Å². The van der Waals surface area contributed by atoms with Gasteiger partial charge in [-0.3, -0.25) is 4.79 Å². The van der Waals surface area contributed by atoms with Crippen LogP contribution in [-0.2, 0) is 22.5 Å². The standard InChI is InChI=1S/C26H33FN4O3/c1-29-8-10-31(11-9-29)23-17-21(27)16-20-4-7-24(34-25(20)23)26(32)28-18-19-2-5-22(6-3-19)30-12-14-33-15-13-30/h2-3,5-6,16-17,24H,4,7-15,18H2,1H3,(H,28,32). The molecule has 2 fully saturated rings. The molecule has 3 heterocycles. The van der Waals surface area contributed by atoms with E-state index < -0.39 is 6.10 Å². The lowest BCUT2D eigenvalue weighted by Gasteiger charge is -2.37. The first kappa shape index (κ1) is 22.9. The van der Waals surface area contributed by atoms with Crippen molar-refractivity contribution >= 4 is 17.3 Å². The second kappa shape index (κ2) is 10.2. The Morgan fingerprint density at radius 2 is 1.76 bits per heavy atom. The summed E-state index contributed by atoms with van der Waals surface area (Å²) in [6, 6.07) is 11.4. The van der Waals surface area contributed by atoms with Gasteiger partial charge in [-0.15, -0.1) is 0 Å². The van der Waals surface area contributed by atoms with Gasteiger partial charge in [0.25, 0.3) is 5.91 Å². The lowest BCUT2D eigenvalue weighted by atomic mass is 9.99. The fourth-order valence-electron chi connectivity index (χ4n) is 4.86. The number of nitrogens with zero attached hydrogens (tertiary/aromatic N) is 3. The number of piperazine rings is 1. The van der Waals surface area contributed by atoms with Crippen molar-refractivity contribution in [2.24, 2.45) is 0 Å². The first-order valence-electron chi connectivity index (χ1n) is 12.2. The van der Waals surface area contributed by atoms with Gasteiger partial charge >= 0.3 is 0 Å². The van der Waals surface area contributed by atoms with Gasteiger partial charge in [0.1, 0.15) is 11.6 Å². The zero-order chi connectivity index (χ0) is 23.5. The van der Waals surface area contributed by atoms with Crippen molar-refractivity contribution in [3.8, 4) is 5.75 Å². The number of anilines is 2. The van der Waals surface area contributed by atoms with Gasteiger partial charge in [-0.25, -0.2) is 4.39 Å². The molecule has 0 aliphatic carbocycles. The summed E-state index contributed by atoms with van der Waals surface area (Å²) < 4.78 is 25.9. The lowest BCUT2D eigenvalue weighted by molar-refractivity contribution is -0.128. The minimum absolute atomic E-state index is 0.128. The summed E-state index contributed by atoms with van der Waals surface area (Å²) in [6.45, 7) is 7.22. The SMILES string of the molecule is CN1CCN(c2cc(F)cc3c2OC(C(=O)NCc2ccc(N4CCOCC4)cc2)CC3)CC1. The largest absolute Gasteiger partial charge is 0.478 e. The van der Waals surface area contributed by atoms with Crippen LogP contribution in [0.1, 0.15) is 17.5 Å². The number of hydrogen-bond donors (Lipinski definition) is 1. The fraction of sp³-hybridized carbons (Fsp3) is 0.500. The Hall–Kier alpha value is -2.84. The predicted octanol–water partition coefficient (Wildman–Crippen LogP) is 2.42. The first-order valence-corrected chi connectivity index (χ1v) is 12.2. The molecule has 182 valence electrons. The summed E-state index contributed by atoms with van der Waals surface area (Å²) in [4.78, 5) is 19.7. The highest BCUT2D eigenvalue weighted by molar-refractivity contribution is 5.82. The summed E-state index contributed by atoms with van der Waals surface area (Å²) in [7, 11) is 2.09. The zero-order valence-electron chi connectivity index (χ0n) is 19.8. The Morgan fingerprint density at radius 1 is 1.03 bits per heavy atom. The average Bonchev–Trinajstić information content (AvgIpc) is 2.88. The van der Waals surface area contributed by atoms with E-state index >= 15 is 0 Å². The fourth-order valence-corrected chi connectivity index (χ4v) is 4.86. The van der Waals surface area contributed by atoms with Crippen molar-refractivity contribution in [1.82, 2.24) is 10.2 Å². The molecule has 1 atom stereocenters. The molecule has 0 spiro atoms. The first-order chi connectivity index (χ1) is 16.6. The number of halogens is 1. The van der Waals surface area contributed by atoms with Crippen molar-refractivity contribution in [3.63, 3.8) is 0 Å². The van der Waals surface area contributed by atoms with E-state index in [1.807, 2.05) is 0 Å². The molecule has 0 radical (unpaired) electrons. The molecule has 0 bridgehead atoms. The van der Waals surface area contributed by atoms with Crippen LogP contribution in [0.25, 0.3) is 0 Å². The van der Waals surface area contributed by atoms with E-state index in [1.165, 1.54) is 5.69 Å². The molecule has 7 nitrogen and oxygen atoms in total. The van der Waals surface area contributed by atoms with Gasteiger partial charge in [0.2, 0.25) is 0 Å². The molecule has 0 aromatic heterocycles. The number of fused-ring (bicyclic) bond motifs is 1. The van der Waals surface area contributed by atoms with E-state index in [1.54, 1.807) is 12.1 Å². The highest BCUT2D eigenvalue weighted by Gasteiger charge is 2.30. The summed E-state index contributed by atoms with van der Waals surface area (Å²) in [5, 5.41) is 3.02. The quantitative estimate of drug-likeness (QED) is 0.728. The van der Waals surface area contributed by atoms with Gasteiger partial charge in [0.15, 0.2) is 6.10 Å². The molecule has 2 saturated heterocycles. The van der Waals surface area contributed by atoms with Crippen molar-refractivity contribution < 1.29 is 18.7 Å². The minimum atomic E-state index is -0.572. The monoisotopic (exact) mass is 468 g/mol. The summed E-state index contributed by atoms with van der Waals surface area (Å²) in [5.74, 6) is 0.281. The van der Waals surface area contributed by atoms with Gasteiger partial charge < -0.3 is 29.5 Å². The molecule has 0 saturated carbocycles. The minimum Gasteiger partial charge on any atom is -0.478 e. The molecule has 1 amide bonds. The molecular formula is C26H33FN4O3. The Labute approximate surface area is 200 Å². The molecule has 3 aliphatic rings. The number of morpholine rings is 1. The average molecular weight is 469 g/mol. The Bertz CT molecular complexity index is 1000. The molecule has 2 aromatic carbocycles. The van der Waals surface area contributed by atoms with E-state index in [0.29, 0.717) is 25.1 Å². The number of nitrogens with one attached hydrogen (secondary N) is 1. The molecule has 2 aromatic rings. The third-order valence-corrected chi connectivity index (χ3v) is 6.96. The van der Waals surface area contributed by atoms with Gasteiger partial charge in [-0.05, 0) is 49.2 Å². The second-order valence-corrected chi connectivity index (χ2v) is 9.33. The maximum atomic E-state index is 14.3. The van der Waals surface area contributed by atoms with Crippen LogP contribution in [0.15, 0.2) is 36.4 Å². The normalized spacial score (nSPS) is 21.1. The van der Waals surface area contributed by atoms with E-state index in [0.717, 1.165) is 69.3 Å². The van der Waals surface area contributed by atoms with Crippen LogP contribution in [0.4, 0.5) is 15.8 Å². The van der Waals surface area contributed by atoms with Gasteiger partial charge in [0.05, 0.1) is 18.9 Å². The number of ether oxygens (including phenoxy) is 2. The van der Waals surface area contributed by atoms with Crippen LogP contribution in [0.5, 0.6) is 5.75 Å². The second-order valence-electron chi connectivity index (χ2n) is 9.33. The van der Waals surface area contributed by atoms with E-state index in [9.17, 15) is 9.18 Å². The van der Waals surface area contributed by atoms with E-state index in [2.05, 4.69) is 51.3 Å². The highest BCUT2D eigenvalue weighted by Crippen LogP contribution is 2.38. The van der Waals surface area contributed by atoms with Gasteiger partial charge in [-0.1, -0.05) is 12.1 Å². The summed E-state index contributed by atoms with van der Waals surface area (Å²) in [5.41, 5.74) is 3.83. The number of carbonyl (C=O) groups excluding carboxylic acids is 1. The number of benzene rings is 2. The van der Waals surface area contributed by atoms with Crippen LogP contribution < -0.4 is 19.9 Å². The smallest absolute Gasteiger partial charge is 0.261 e. The number of amides is 1. The Balaban J connectivity index is 1.21. The molecule has 34 heavy (non-hydrogen) atoms. The van der Waals surface area contributed by atoms with Crippen LogP contribution in [0, 0.1) is 5.82 Å². The number of likely N-dealkylation sites (N-methyl/N-ethyl adjacent to an activating group) is 1. The lowest BCUT2D eigenvalue weighted by Crippen LogP contribution is -2.45. The molecule has 8 heteroatoms. The predicted molar refractivity (Wildman–Crippen MR) is 130 cm³/mol. The number of aryl methyl sites for hydroxylation is 1. The van der Waals surface area contributed by atoms with Crippen LogP contribution in [0.2, 0.25) is 0 Å². The van der Waals surface area contributed by atoms with Crippen molar-refractivity contribution in [3.05, 3.63) is 53.3 Å². The molecular weight excluding hydrogens is 435 g/mol. The van der Waals surface area contributed by atoms with Crippen LogP contribution in [-0.4, -0.2) is 76.4 Å². The maximum Gasteiger partial charge on any atom is 0.261 e. The number of carbonyl (C=O) groups is 1. The maximum absolute atomic E-state index is 14.3. The topological polar surface area (TPSA) is 57.3 Å². The van der Waals surface area contributed by atoms with E-state index in [-0.39, 0.29) is 11.7 Å². The molecule has 1 unspecified atom stereocenters.